The van der Waals surface area contributed by atoms with Crippen LogP contribution >= 0.6 is 11.6 Å². The highest BCUT2D eigenvalue weighted by Crippen LogP contribution is 2.18. The zero-order valence-corrected chi connectivity index (χ0v) is 13.0. The molecule has 0 bridgehead atoms. The molecule has 0 aliphatic carbocycles. The molecule has 0 saturated heterocycles. The van der Waals surface area contributed by atoms with Gasteiger partial charge in [-0.2, -0.15) is 0 Å². The average molecular weight is 297 g/mol. The molecule has 0 aromatic heterocycles. The number of hydrogen-bond acceptors (Lipinski definition) is 2. The van der Waals surface area contributed by atoms with Gasteiger partial charge in [-0.25, -0.2) is 0 Å². The van der Waals surface area contributed by atoms with Crippen molar-refractivity contribution in [1.29, 1.82) is 0 Å². The van der Waals surface area contributed by atoms with Gasteiger partial charge in [-0.15, -0.1) is 0 Å². The molecule has 0 saturated carbocycles. The second kappa shape index (κ2) is 7.90. The summed E-state index contributed by atoms with van der Waals surface area (Å²) in [4.78, 5) is 27.0. The zero-order chi connectivity index (χ0) is 15.1. The van der Waals surface area contributed by atoms with Gasteiger partial charge in [0.05, 0.1) is 0 Å². The molecule has 20 heavy (non-hydrogen) atoms. The van der Waals surface area contributed by atoms with E-state index in [0.29, 0.717) is 17.3 Å². The predicted molar refractivity (Wildman–Crippen MR) is 82.0 cm³/mol. The molecule has 0 fully saturated rings. The number of likely N-dealkylation sites (N-methyl/N-ethyl adjacent to an activating group) is 1. The summed E-state index contributed by atoms with van der Waals surface area (Å²) in [5.74, 6) is -0.229. The lowest BCUT2D eigenvalue weighted by Crippen LogP contribution is -2.41. The average Bonchev–Trinajstić information content (AvgIpc) is 2.42. The summed E-state index contributed by atoms with van der Waals surface area (Å²) in [6.45, 7) is 4.29. The van der Waals surface area contributed by atoms with Gasteiger partial charge in [-0.1, -0.05) is 24.9 Å². The number of carbonyl (C=O) groups excluding carboxylic acids is 2. The highest BCUT2D eigenvalue weighted by Gasteiger charge is 2.18. The Morgan fingerprint density at radius 3 is 2.30 bits per heavy atom. The molecular formula is C15H21ClN2O2. The molecule has 110 valence electrons. The number of rotatable bonds is 6. The van der Waals surface area contributed by atoms with Crippen LogP contribution in [0.5, 0.6) is 0 Å². The van der Waals surface area contributed by atoms with Crippen LogP contribution in [-0.4, -0.2) is 36.9 Å². The fourth-order valence-electron chi connectivity index (χ4n) is 1.78. The van der Waals surface area contributed by atoms with E-state index < -0.39 is 0 Å². The Labute approximate surface area is 125 Å². The number of nitrogens with zero attached hydrogens (tertiary/aromatic N) is 2. The Balaban J connectivity index is 2.75. The first-order valence-corrected chi connectivity index (χ1v) is 7.11. The Morgan fingerprint density at radius 1 is 1.20 bits per heavy atom. The van der Waals surface area contributed by atoms with E-state index in [-0.39, 0.29) is 18.4 Å². The molecule has 5 heteroatoms. The maximum Gasteiger partial charge on any atom is 0.242 e. The first-order valence-electron chi connectivity index (χ1n) is 6.73. The van der Waals surface area contributed by atoms with E-state index >= 15 is 0 Å². The first kappa shape index (κ1) is 16.5. The summed E-state index contributed by atoms with van der Waals surface area (Å²) in [7, 11) is 1.76. The van der Waals surface area contributed by atoms with Gasteiger partial charge in [-0.05, 0) is 30.7 Å². The second-order valence-electron chi connectivity index (χ2n) is 4.75. The SMILES string of the molecule is CCCCN(C)C(=O)CN(C(C)=O)c1ccc(Cl)cc1. The maximum atomic E-state index is 12.1. The Hall–Kier alpha value is -1.55. The number of anilines is 1. The molecule has 0 spiro atoms. The molecule has 0 radical (unpaired) electrons. The van der Waals surface area contributed by atoms with Crippen LogP contribution in [0.4, 0.5) is 5.69 Å². The topological polar surface area (TPSA) is 40.6 Å². The monoisotopic (exact) mass is 296 g/mol. The summed E-state index contributed by atoms with van der Waals surface area (Å²) in [6, 6.07) is 6.89. The van der Waals surface area contributed by atoms with E-state index in [1.807, 2.05) is 0 Å². The summed E-state index contributed by atoms with van der Waals surface area (Å²) < 4.78 is 0. The van der Waals surface area contributed by atoms with Gasteiger partial charge in [0, 0.05) is 31.2 Å². The molecular weight excluding hydrogens is 276 g/mol. The van der Waals surface area contributed by atoms with Gasteiger partial charge in [0.1, 0.15) is 6.54 Å². The number of hydrogen-bond donors (Lipinski definition) is 0. The number of benzene rings is 1. The van der Waals surface area contributed by atoms with Crippen LogP contribution < -0.4 is 4.90 Å². The molecule has 1 aromatic carbocycles. The molecule has 0 aliphatic rings. The van der Waals surface area contributed by atoms with Crippen LogP contribution in [0, 0.1) is 0 Å². The third-order valence-corrected chi connectivity index (χ3v) is 3.34. The smallest absolute Gasteiger partial charge is 0.242 e. The van der Waals surface area contributed by atoms with Crippen molar-refractivity contribution in [2.75, 3.05) is 25.0 Å². The summed E-state index contributed by atoms with van der Waals surface area (Å²) in [5, 5.41) is 0.601. The molecule has 1 aromatic rings. The minimum Gasteiger partial charge on any atom is -0.344 e. The first-order chi connectivity index (χ1) is 9.45. The molecule has 0 unspecified atom stereocenters. The molecule has 4 nitrogen and oxygen atoms in total. The molecule has 0 aliphatic heterocycles. The van der Waals surface area contributed by atoms with Crippen LogP contribution in [0.2, 0.25) is 5.02 Å². The minimum atomic E-state index is -0.162. The molecule has 0 heterocycles. The fraction of sp³-hybridized carbons (Fsp3) is 0.467. The van der Waals surface area contributed by atoms with Crippen LogP contribution in [0.3, 0.4) is 0 Å². The number of carbonyl (C=O) groups is 2. The van der Waals surface area contributed by atoms with Crippen molar-refractivity contribution in [3.63, 3.8) is 0 Å². The van der Waals surface area contributed by atoms with Gasteiger partial charge < -0.3 is 9.80 Å². The van der Waals surface area contributed by atoms with Crippen molar-refractivity contribution in [3.8, 4) is 0 Å². The molecule has 0 N–H and O–H groups in total. The normalized spacial score (nSPS) is 10.2. The van der Waals surface area contributed by atoms with E-state index in [9.17, 15) is 9.59 Å². The summed E-state index contributed by atoms with van der Waals surface area (Å²) in [6.07, 6.45) is 1.99. The third kappa shape index (κ3) is 4.85. The van der Waals surface area contributed by atoms with E-state index in [4.69, 9.17) is 11.6 Å². The summed E-state index contributed by atoms with van der Waals surface area (Å²) >= 11 is 5.83. The Kier molecular flexibility index (Phi) is 6.52. The molecule has 1 rings (SSSR count). The Bertz CT molecular complexity index is 459. The van der Waals surface area contributed by atoms with Gasteiger partial charge in [0.25, 0.3) is 0 Å². The van der Waals surface area contributed by atoms with Gasteiger partial charge >= 0.3 is 0 Å². The van der Waals surface area contributed by atoms with Crippen molar-refractivity contribution in [2.24, 2.45) is 0 Å². The van der Waals surface area contributed by atoms with Crippen LogP contribution in [0.15, 0.2) is 24.3 Å². The predicted octanol–water partition coefficient (Wildman–Crippen LogP) is 2.95. The van der Waals surface area contributed by atoms with Crippen molar-refractivity contribution in [2.45, 2.75) is 26.7 Å². The van der Waals surface area contributed by atoms with Gasteiger partial charge in [0.15, 0.2) is 0 Å². The van der Waals surface area contributed by atoms with Gasteiger partial charge in [0.2, 0.25) is 11.8 Å². The van der Waals surface area contributed by atoms with E-state index in [2.05, 4.69) is 6.92 Å². The van der Waals surface area contributed by atoms with Gasteiger partial charge in [-0.3, -0.25) is 9.59 Å². The van der Waals surface area contributed by atoms with Crippen molar-refractivity contribution < 1.29 is 9.59 Å². The summed E-state index contributed by atoms with van der Waals surface area (Å²) in [5.41, 5.74) is 0.680. The third-order valence-electron chi connectivity index (χ3n) is 3.08. The van der Waals surface area contributed by atoms with Crippen LogP contribution in [0.25, 0.3) is 0 Å². The maximum absolute atomic E-state index is 12.1. The fourth-order valence-corrected chi connectivity index (χ4v) is 1.91. The quantitative estimate of drug-likeness (QED) is 0.810. The van der Waals surface area contributed by atoms with E-state index in [1.165, 1.54) is 11.8 Å². The second-order valence-corrected chi connectivity index (χ2v) is 5.19. The van der Waals surface area contributed by atoms with E-state index in [0.717, 1.165) is 12.8 Å². The van der Waals surface area contributed by atoms with Crippen LogP contribution in [0.1, 0.15) is 26.7 Å². The number of amides is 2. The largest absolute Gasteiger partial charge is 0.344 e. The lowest BCUT2D eigenvalue weighted by Gasteiger charge is -2.24. The highest BCUT2D eigenvalue weighted by molar-refractivity contribution is 6.30. The lowest BCUT2D eigenvalue weighted by atomic mass is 10.2. The standard InChI is InChI=1S/C15H21ClN2O2/c1-4-5-10-17(3)15(20)11-18(12(2)19)14-8-6-13(16)7-9-14/h6-9H,4-5,10-11H2,1-3H3. The lowest BCUT2D eigenvalue weighted by molar-refractivity contribution is -0.130. The van der Waals surface area contributed by atoms with Crippen molar-refractivity contribution >= 4 is 29.1 Å². The van der Waals surface area contributed by atoms with Crippen molar-refractivity contribution in [3.05, 3.63) is 29.3 Å². The number of halogens is 1. The minimum absolute atomic E-state index is 0.0528. The van der Waals surface area contributed by atoms with Crippen LogP contribution in [-0.2, 0) is 9.59 Å². The highest BCUT2D eigenvalue weighted by atomic mass is 35.5. The van der Waals surface area contributed by atoms with E-state index in [1.54, 1.807) is 36.2 Å². The zero-order valence-electron chi connectivity index (χ0n) is 12.2. The number of unbranched alkanes of at least 4 members (excludes halogenated alkanes) is 1. The molecule has 2 amide bonds. The molecule has 0 atom stereocenters. The van der Waals surface area contributed by atoms with Crippen molar-refractivity contribution in [1.82, 2.24) is 4.90 Å². The Morgan fingerprint density at radius 2 is 1.80 bits per heavy atom.